The number of ketones is 1. The first-order chi connectivity index (χ1) is 11.8. The number of Topliss-reactive ketones (excluding diaryl/α,β-unsaturated/α-hetero) is 1. The van der Waals surface area contributed by atoms with E-state index in [1.165, 1.54) is 21.2 Å². The van der Waals surface area contributed by atoms with Crippen molar-refractivity contribution in [3.8, 4) is 0 Å². The number of hydrogen-bond acceptors (Lipinski definition) is 4. The summed E-state index contributed by atoms with van der Waals surface area (Å²) in [4.78, 5) is 13.7. The average Bonchev–Trinajstić information content (AvgIpc) is 3.04. The number of sulfonamides is 1. The van der Waals surface area contributed by atoms with E-state index in [0.717, 1.165) is 16.0 Å². The Balaban J connectivity index is 1.69. The highest BCUT2D eigenvalue weighted by atomic mass is 32.2. The molecule has 0 atom stereocenters. The van der Waals surface area contributed by atoms with E-state index in [4.69, 9.17) is 0 Å². The highest BCUT2D eigenvalue weighted by molar-refractivity contribution is 7.91. The molecule has 2 heterocycles. The zero-order valence-electron chi connectivity index (χ0n) is 14.8. The van der Waals surface area contributed by atoms with Gasteiger partial charge in [0.15, 0.2) is 5.78 Å². The number of piperidine rings is 1. The quantitative estimate of drug-likeness (QED) is 0.758. The van der Waals surface area contributed by atoms with Crippen LogP contribution in [0.5, 0.6) is 0 Å². The third-order valence-corrected chi connectivity index (χ3v) is 8.29. The summed E-state index contributed by atoms with van der Waals surface area (Å²) < 4.78 is 27.3. The molecular weight excluding hydrogens is 354 g/mol. The zero-order chi connectivity index (χ0) is 18.2. The maximum Gasteiger partial charge on any atom is 0.252 e. The molecule has 3 rings (SSSR count). The minimum Gasteiger partial charge on any atom is -0.294 e. The molecule has 6 heteroatoms. The van der Waals surface area contributed by atoms with Gasteiger partial charge in [0.2, 0.25) is 0 Å². The molecule has 1 fully saturated rings. The molecule has 25 heavy (non-hydrogen) atoms. The Morgan fingerprint density at radius 2 is 1.72 bits per heavy atom. The van der Waals surface area contributed by atoms with Crippen molar-refractivity contribution in [3.63, 3.8) is 0 Å². The second-order valence-corrected chi connectivity index (χ2v) is 10.2. The van der Waals surface area contributed by atoms with Gasteiger partial charge >= 0.3 is 0 Å². The lowest BCUT2D eigenvalue weighted by atomic mass is 9.88. The third-order valence-electron chi connectivity index (χ3n) is 4.93. The Kier molecular flexibility index (Phi) is 5.14. The fourth-order valence-corrected chi connectivity index (χ4v) is 6.07. The van der Waals surface area contributed by atoms with Crippen LogP contribution in [-0.4, -0.2) is 31.6 Å². The second-order valence-electron chi connectivity index (χ2n) is 6.71. The molecule has 0 bridgehead atoms. The molecule has 1 aromatic carbocycles. The van der Waals surface area contributed by atoms with E-state index >= 15 is 0 Å². The lowest BCUT2D eigenvalue weighted by Crippen LogP contribution is -2.40. The summed E-state index contributed by atoms with van der Waals surface area (Å²) >= 11 is 1.30. The van der Waals surface area contributed by atoms with Crippen LogP contribution in [0, 0.1) is 26.7 Å². The first kappa shape index (κ1) is 18.3. The summed E-state index contributed by atoms with van der Waals surface area (Å²) in [6.07, 6.45) is 1.16. The van der Waals surface area contributed by atoms with Gasteiger partial charge in [-0.3, -0.25) is 4.79 Å². The molecule has 0 aliphatic carbocycles. The Labute approximate surface area is 153 Å². The second kappa shape index (κ2) is 7.02. The average molecular weight is 378 g/mol. The van der Waals surface area contributed by atoms with Gasteiger partial charge in [0.25, 0.3) is 10.0 Å². The first-order valence-corrected chi connectivity index (χ1v) is 10.7. The summed E-state index contributed by atoms with van der Waals surface area (Å²) in [6.45, 7) is 6.74. The SMILES string of the molecule is Cc1ccc(S(=O)(=O)N2CCC(C(=O)c3ccc(C)c(C)c3)CC2)s1. The Bertz CT molecular complexity index is 891. The summed E-state index contributed by atoms with van der Waals surface area (Å²) in [6, 6.07) is 9.29. The van der Waals surface area contributed by atoms with Crippen molar-refractivity contribution >= 4 is 27.1 Å². The molecule has 0 unspecified atom stereocenters. The van der Waals surface area contributed by atoms with Crippen molar-refractivity contribution in [2.24, 2.45) is 5.92 Å². The van der Waals surface area contributed by atoms with E-state index in [9.17, 15) is 13.2 Å². The zero-order valence-corrected chi connectivity index (χ0v) is 16.4. The molecule has 0 amide bonds. The number of rotatable bonds is 4. The summed E-state index contributed by atoms with van der Waals surface area (Å²) in [5.74, 6) is 0.0331. The highest BCUT2D eigenvalue weighted by Gasteiger charge is 2.33. The molecule has 1 aromatic heterocycles. The van der Waals surface area contributed by atoms with Crippen LogP contribution in [0.2, 0.25) is 0 Å². The number of aryl methyl sites for hydroxylation is 3. The first-order valence-electron chi connectivity index (χ1n) is 8.47. The Morgan fingerprint density at radius 3 is 2.28 bits per heavy atom. The van der Waals surface area contributed by atoms with Gasteiger partial charge in [-0.05, 0) is 62.9 Å². The molecule has 0 saturated carbocycles. The van der Waals surface area contributed by atoms with Gasteiger partial charge in [-0.25, -0.2) is 8.42 Å². The molecule has 0 radical (unpaired) electrons. The Morgan fingerprint density at radius 1 is 1.04 bits per heavy atom. The van der Waals surface area contributed by atoms with E-state index in [-0.39, 0.29) is 11.7 Å². The van der Waals surface area contributed by atoms with Crippen LogP contribution in [0.1, 0.15) is 39.2 Å². The minimum atomic E-state index is -3.43. The molecular formula is C19H23NO3S2. The maximum atomic E-state index is 12.7. The van der Waals surface area contributed by atoms with Crippen LogP contribution in [-0.2, 0) is 10.0 Å². The van der Waals surface area contributed by atoms with Gasteiger partial charge in [0, 0.05) is 29.4 Å². The van der Waals surface area contributed by atoms with Crippen molar-refractivity contribution in [3.05, 3.63) is 51.9 Å². The van der Waals surface area contributed by atoms with Crippen LogP contribution < -0.4 is 0 Å². The lowest BCUT2D eigenvalue weighted by molar-refractivity contribution is 0.0875. The normalized spacial score (nSPS) is 16.9. The largest absolute Gasteiger partial charge is 0.294 e. The summed E-state index contributed by atoms with van der Waals surface area (Å²) in [7, 11) is -3.43. The van der Waals surface area contributed by atoms with Crippen LogP contribution >= 0.6 is 11.3 Å². The van der Waals surface area contributed by atoms with Gasteiger partial charge in [0.05, 0.1) is 0 Å². The fourth-order valence-electron chi connectivity index (χ4n) is 3.17. The topological polar surface area (TPSA) is 54.5 Å². The molecule has 0 spiro atoms. The number of hydrogen-bond donors (Lipinski definition) is 0. The van der Waals surface area contributed by atoms with Gasteiger partial charge in [0.1, 0.15) is 4.21 Å². The summed E-state index contributed by atoms with van der Waals surface area (Å²) in [5.41, 5.74) is 3.01. The van der Waals surface area contributed by atoms with E-state index in [0.29, 0.717) is 30.1 Å². The lowest BCUT2D eigenvalue weighted by Gasteiger charge is -2.30. The molecule has 134 valence electrons. The van der Waals surface area contributed by atoms with Gasteiger partial charge in [-0.2, -0.15) is 4.31 Å². The van der Waals surface area contributed by atoms with Crippen molar-refractivity contribution < 1.29 is 13.2 Å². The maximum absolute atomic E-state index is 12.7. The predicted octanol–water partition coefficient (Wildman–Crippen LogP) is 3.96. The van der Waals surface area contributed by atoms with Gasteiger partial charge in [-0.1, -0.05) is 12.1 Å². The van der Waals surface area contributed by atoms with Crippen LogP contribution in [0.3, 0.4) is 0 Å². The molecule has 2 aromatic rings. The number of carbonyl (C=O) groups is 1. The summed E-state index contributed by atoms with van der Waals surface area (Å²) in [5, 5.41) is 0. The van der Waals surface area contributed by atoms with Crippen molar-refractivity contribution in [1.29, 1.82) is 0 Å². The minimum absolute atomic E-state index is 0.0985. The number of carbonyl (C=O) groups excluding carboxylic acids is 1. The van der Waals surface area contributed by atoms with E-state index in [1.54, 1.807) is 6.07 Å². The van der Waals surface area contributed by atoms with E-state index in [2.05, 4.69) is 0 Å². The molecule has 1 aliphatic rings. The van der Waals surface area contributed by atoms with Gasteiger partial charge < -0.3 is 0 Å². The number of thiophene rings is 1. The van der Waals surface area contributed by atoms with Crippen LogP contribution in [0.25, 0.3) is 0 Å². The monoisotopic (exact) mass is 377 g/mol. The predicted molar refractivity (Wildman–Crippen MR) is 101 cm³/mol. The van der Waals surface area contributed by atoms with Crippen molar-refractivity contribution in [2.45, 2.75) is 37.8 Å². The molecule has 1 saturated heterocycles. The number of benzene rings is 1. The van der Waals surface area contributed by atoms with Crippen molar-refractivity contribution in [2.75, 3.05) is 13.1 Å². The molecule has 1 aliphatic heterocycles. The third kappa shape index (κ3) is 3.71. The van der Waals surface area contributed by atoms with Crippen LogP contribution in [0.4, 0.5) is 0 Å². The Hall–Kier alpha value is -1.50. The molecule has 0 N–H and O–H groups in total. The fraction of sp³-hybridized carbons (Fsp3) is 0.421. The van der Waals surface area contributed by atoms with Crippen molar-refractivity contribution in [1.82, 2.24) is 4.31 Å². The smallest absolute Gasteiger partial charge is 0.252 e. The molecule has 4 nitrogen and oxygen atoms in total. The van der Waals surface area contributed by atoms with E-state index < -0.39 is 10.0 Å². The van der Waals surface area contributed by atoms with E-state index in [1.807, 2.05) is 45.0 Å². The van der Waals surface area contributed by atoms with Gasteiger partial charge in [-0.15, -0.1) is 11.3 Å². The standard InChI is InChI=1S/C19H23NO3S2/c1-13-4-6-17(12-14(13)2)19(21)16-8-10-20(11-9-16)25(22,23)18-7-5-15(3)24-18/h4-7,12,16H,8-11H2,1-3H3. The number of nitrogens with zero attached hydrogens (tertiary/aromatic N) is 1. The van der Waals surface area contributed by atoms with Crippen LogP contribution in [0.15, 0.2) is 34.5 Å². The highest BCUT2D eigenvalue weighted by Crippen LogP contribution is 2.29.